The normalized spacial score (nSPS) is 10.4. The van der Waals surface area contributed by atoms with Crippen LogP contribution in [0.1, 0.15) is 20.7 Å². The van der Waals surface area contributed by atoms with Gasteiger partial charge in [0, 0.05) is 5.56 Å². The maximum atomic E-state index is 13.4. The first-order valence-corrected chi connectivity index (χ1v) is 7.28. The molecule has 0 spiro atoms. The highest BCUT2D eigenvalue weighted by atomic mass is 19.3. The number of benzene rings is 2. The van der Waals surface area contributed by atoms with Gasteiger partial charge < -0.3 is 9.47 Å². The molecule has 2 rings (SSSR count). The van der Waals surface area contributed by atoms with Crippen molar-refractivity contribution in [3.8, 4) is 5.75 Å². The number of alkyl halides is 2. The Morgan fingerprint density at radius 3 is 2.11 bits per heavy atom. The van der Waals surface area contributed by atoms with E-state index >= 15 is 0 Å². The standard InChI is InChI=1S/C17H11F4NO5/c18-11-2-1-3-12(19)14(11)16(25)26-8-13(23)22-15(24)9-4-6-10(7-5-9)27-17(20)21/h1-7,17H,8H2,(H,22,23,24). The summed E-state index contributed by atoms with van der Waals surface area (Å²) in [6.45, 7) is -3.99. The number of hydrogen-bond donors (Lipinski definition) is 1. The molecule has 0 aliphatic heterocycles. The molecule has 0 bridgehead atoms. The number of esters is 1. The molecular formula is C17H11F4NO5. The molecule has 10 heteroatoms. The van der Waals surface area contributed by atoms with Gasteiger partial charge in [-0.05, 0) is 36.4 Å². The highest BCUT2D eigenvalue weighted by Gasteiger charge is 2.20. The van der Waals surface area contributed by atoms with Crippen LogP contribution >= 0.6 is 0 Å². The van der Waals surface area contributed by atoms with Gasteiger partial charge in [0.2, 0.25) is 0 Å². The molecule has 2 aromatic carbocycles. The molecule has 0 saturated heterocycles. The lowest BCUT2D eigenvalue weighted by Crippen LogP contribution is -2.34. The van der Waals surface area contributed by atoms with Crippen LogP contribution in [-0.2, 0) is 9.53 Å². The predicted octanol–water partition coefficient (Wildman–Crippen LogP) is 2.68. The minimum Gasteiger partial charge on any atom is -0.452 e. The van der Waals surface area contributed by atoms with E-state index in [1.54, 1.807) is 0 Å². The molecule has 27 heavy (non-hydrogen) atoms. The molecule has 0 radical (unpaired) electrons. The van der Waals surface area contributed by atoms with Crippen molar-refractivity contribution in [2.24, 2.45) is 0 Å². The van der Waals surface area contributed by atoms with E-state index in [1.807, 2.05) is 5.32 Å². The molecular weight excluding hydrogens is 374 g/mol. The van der Waals surface area contributed by atoms with Crippen LogP contribution in [0.2, 0.25) is 0 Å². The van der Waals surface area contributed by atoms with Crippen LogP contribution in [0.4, 0.5) is 17.6 Å². The summed E-state index contributed by atoms with van der Waals surface area (Å²) in [6.07, 6.45) is 0. The first-order chi connectivity index (χ1) is 12.8. The van der Waals surface area contributed by atoms with Crippen molar-refractivity contribution in [2.45, 2.75) is 6.61 Å². The zero-order valence-corrected chi connectivity index (χ0v) is 13.4. The van der Waals surface area contributed by atoms with E-state index in [9.17, 15) is 31.9 Å². The van der Waals surface area contributed by atoms with E-state index in [0.717, 1.165) is 42.5 Å². The number of nitrogens with one attached hydrogen (secondary N) is 1. The van der Waals surface area contributed by atoms with Gasteiger partial charge in [-0.3, -0.25) is 14.9 Å². The Morgan fingerprint density at radius 1 is 0.963 bits per heavy atom. The molecule has 6 nitrogen and oxygen atoms in total. The number of rotatable bonds is 6. The Hall–Kier alpha value is -3.43. The van der Waals surface area contributed by atoms with Gasteiger partial charge in [-0.1, -0.05) is 6.07 Å². The summed E-state index contributed by atoms with van der Waals surface area (Å²) in [5.74, 6) is -5.89. The van der Waals surface area contributed by atoms with E-state index in [2.05, 4.69) is 9.47 Å². The molecule has 1 N–H and O–H groups in total. The maximum Gasteiger partial charge on any atom is 0.387 e. The molecule has 0 atom stereocenters. The number of carbonyl (C=O) groups is 3. The van der Waals surface area contributed by atoms with Crippen molar-refractivity contribution < 1.29 is 41.4 Å². The molecule has 0 fully saturated rings. The van der Waals surface area contributed by atoms with Gasteiger partial charge in [-0.25, -0.2) is 13.6 Å². The van der Waals surface area contributed by atoms with Gasteiger partial charge in [0.1, 0.15) is 22.9 Å². The van der Waals surface area contributed by atoms with E-state index in [4.69, 9.17) is 0 Å². The summed E-state index contributed by atoms with van der Waals surface area (Å²) in [7, 11) is 0. The molecule has 2 aromatic rings. The second kappa shape index (κ2) is 8.79. The Bertz CT molecular complexity index is 835. The quantitative estimate of drug-likeness (QED) is 0.611. The summed E-state index contributed by atoms with van der Waals surface area (Å²) in [5, 5.41) is 1.86. The highest BCUT2D eigenvalue weighted by molar-refractivity contribution is 6.05. The zero-order chi connectivity index (χ0) is 20.0. The fraction of sp³-hybridized carbons (Fsp3) is 0.118. The number of amides is 2. The second-order valence-electron chi connectivity index (χ2n) is 4.95. The van der Waals surface area contributed by atoms with E-state index in [-0.39, 0.29) is 11.3 Å². The topological polar surface area (TPSA) is 81.7 Å². The number of carbonyl (C=O) groups excluding carboxylic acids is 3. The summed E-state index contributed by atoms with van der Waals surface area (Å²) >= 11 is 0. The Kier molecular flexibility index (Phi) is 6.47. The van der Waals surface area contributed by atoms with E-state index in [1.165, 1.54) is 0 Å². The fourth-order valence-electron chi connectivity index (χ4n) is 1.92. The first kappa shape index (κ1) is 19.9. The Labute approximate surface area is 149 Å². The van der Waals surface area contributed by atoms with Crippen molar-refractivity contribution in [3.63, 3.8) is 0 Å². The van der Waals surface area contributed by atoms with E-state index < -0.39 is 48.2 Å². The average molecular weight is 385 g/mol. The van der Waals surface area contributed by atoms with Crippen LogP contribution in [0.15, 0.2) is 42.5 Å². The predicted molar refractivity (Wildman–Crippen MR) is 82.2 cm³/mol. The summed E-state index contributed by atoms with van der Waals surface area (Å²) in [6, 6.07) is 7.15. The lowest BCUT2D eigenvalue weighted by atomic mass is 10.2. The third-order valence-electron chi connectivity index (χ3n) is 3.10. The molecule has 0 heterocycles. The summed E-state index contributed by atoms with van der Waals surface area (Å²) in [4.78, 5) is 35.1. The van der Waals surface area contributed by atoms with E-state index in [0.29, 0.717) is 0 Å². The number of ether oxygens (including phenoxy) is 2. The largest absolute Gasteiger partial charge is 0.452 e. The van der Waals surface area contributed by atoms with Gasteiger partial charge in [0.15, 0.2) is 6.61 Å². The first-order valence-electron chi connectivity index (χ1n) is 7.28. The lowest BCUT2D eigenvalue weighted by Gasteiger charge is -2.08. The van der Waals surface area contributed by atoms with Crippen LogP contribution in [0.3, 0.4) is 0 Å². The number of hydrogen-bond acceptors (Lipinski definition) is 5. The average Bonchev–Trinajstić information content (AvgIpc) is 2.60. The summed E-state index contributed by atoms with van der Waals surface area (Å²) in [5.41, 5.74) is -1.03. The highest BCUT2D eigenvalue weighted by Crippen LogP contribution is 2.15. The monoisotopic (exact) mass is 385 g/mol. The minimum atomic E-state index is -3.03. The Balaban J connectivity index is 1.90. The summed E-state index contributed by atoms with van der Waals surface area (Å²) < 4.78 is 59.5. The molecule has 0 saturated carbocycles. The molecule has 142 valence electrons. The molecule has 0 aliphatic carbocycles. The zero-order valence-electron chi connectivity index (χ0n) is 13.4. The molecule has 0 aromatic heterocycles. The van der Waals surface area contributed by atoms with Gasteiger partial charge in [0.05, 0.1) is 0 Å². The molecule has 0 unspecified atom stereocenters. The Morgan fingerprint density at radius 2 is 1.56 bits per heavy atom. The van der Waals surface area contributed by atoms with Crippen molar-refractivity contribution in [2.75, 3.05) is 6.61 Å². The second-order valence-corrected chi connectivity index (χ2v) is 4.95. The van der Waals surface area contributed by atoms with Crippen LogP contribution in [-0.4, -0.2) is 31.0 Å². The van der Waals surface area contributed by atoms with Crippen LogP contribution in [0, 0.1) is 11.6 Å². The van der Waals surface area contributed by atoms with Crippen molar-refractivity contribution in [3.05, 3.63) is 65.2 Å². The van der Waals surface area contributed by atoms with Gasteiger partial charge >= 0.3 is 12.6 Å². The van der Waals surface area contributed by atoms with Gasteiger partial charge in [-0.15, -0.1) is 0 Å². The van der Waals surface area contributed by atoms with Crippen LogP contribution in [0.5, 0.6) is 5.75 Å². The van der Waals surface area contributed by atoms with Crippen molar-refractivity contribution in [1.29, 1.82) is 0 Å². The number of imide groups is 1. The minimum absolute atomic E-state index is 0.0589. The SMILES string of the molecule is O=C(COC(=O)c1c(F)cccc1F)NC(=O)c1ccc(OC(F)F)cc1. The third kappa shape index (κ3) is 5.53. The van der Waals surface area contributed by atoms with Gasteiger partial charge in [0.25, 0.3) is 11.8 Å². The fourth-order valence-corrected chi connectivity index (χ4v) is 1.92. The maximum absolute atomic E-state index is 13.4. The van der Waals surface area contributed by atoms with Gasteiger partial charge in [-0.2, -0.15) is 8.78 Å². The third-order valence-corrected chi connectivity index (χ3v) is 3.10. The molecule has 0 aliphatic rings. The van der Waals surface area contributed by atoms with Crippen molar-refractivity contribution in [1.82, 2.24) is 5.32 Å². The number of halogens is 4. The van der Waals surface area contributed by atoms with Crippen LogP contribution in [0.25, 0.3) is 0 Å². The molecule has 2 amide bonds. The smallest absolute Gasteiger partial charge is 0.387 e. The van der Waals surface area contributed by atoms with Crippen molar-refractivity contribution >= 4 is 17.8 Å². The van der Waals surface area contributed by atoms with Crippen LogP contribution < -0.4 is 10.1 Å². The lowest BCUT2D eigenvalue weighted by molar-refractivity contribution is -0.123.